The molecule has 90 valence electrons. The summed E-state index contributed by atoms with van der Waals surface area (Å²) in [4.78, 5) is 0. The van der Waals surface area contributed by atoms with Gasteiger partial charge in [-0.05, 0) is 29.5 Å². The van der Waals surface area contributed by atoms with E-state index in [2.05, 4.69) is 64.2 Å². The van der Waals surface area contributed by atoms with Crippen molar-refractivity contribution in [1.29, 1.82) is 0 Å². The quantitative estimate of drug-likeness (QED) is 0.813. The molecule has 1 aromatic rings. The molecular weight excluding hydrogens is 194 g/mol. The van der Waals surface area contributed by atoms with Crippen LogP contribution in [0.3, 0.4) is 0 Å². The highest BCUT2D eigenvalue weighted by molar-refractivity contribution is 5.35. The fourth-order valence-electron chi connectivity index (χ4n) is 2.30. The summed E-state index contributed by atoms with van der Waals surface area (Å²) < 4.78 is 0. The summed E-state index contributed by atoms with van der Waals surface area (Å²) in [6.07, 6.45) is 0. The van der Waals surface area contributed by atoms with Gasteiger partial charge >= 0.3 is 0 Å². The molecule has 1 heteroatoms. The summed E-state index contributed by atoms with van der Waals surface area (Å²) in [6, 6.07) is 9.22. The van der Waals surface area contributed by atoms with Gasteiger partial charge in [0.15, 0.2) is 0 Å². The first kappa shape index (κ1) is 13.2. The Morgan fingerprint density at radius 1 is 1.06 bits per heavy atom. The highest BCUT2D eigenvalue weighted by Crippen LogP contribution is 2.32. The predicted octanol–water partition coefficient (Wildman–Crippen LogP) is 3.90. The lowest BCUT2D eigenvalue weighted by molar-refractivity contribution is 0.431. The van der Waals surface area contributed by atoms with E-state index < -0.39 is 0 Å². The molecule has 1 aromatic carbocycles. The Kier molecular flexibility index (Phi) is 4.15. The molecule has 0 aliphatic rings. The van der Waals surface area contributed by atoms with E-state index in [9.17, 15) is 0 Å². The summed E-state index contributed by atoms with van der Waals surface area (Å²) in [5.74, 6) is 0.605. The third-order valence-corrected chi connectivity index (χ3v) is 3.08. The maximum Gasteiger partial charge on any atom is 0.0343 e. The molecule has 0 bridgehead atoms. The maximum absolute atomic E-state index is 3.43. The zero-order valence-electron chi connectivity index (χ0n) is 11.5. The van der Waals surface area contributed by atoms with Crippen LogP contribution in [0.15, 0.2) is 24.3 Å². The molecule has 0 amide bonds. The zero-order chi connectivity index (χ0) is 12.3. The number of hydrogen-bond acceptors (Lipinski definition) is 1. The van der Waals surface area contributed by atoms with Crippen molar-refractivity contribution in [2.75, 3.05) is 7.05 Å². The monoisotopic (exact) mass is 219 g/mol. The Bertz CT molecular complexity index is 334. The lowest BCUT2D eigenvalue weighted by Crippen LogP contribution is -2.26. The minimum atomic E-state index is 0.209. The number of rotatable bonds is 3. The number of nitrogens with one attached hydrogen (secondary N) is 1. The van der Waals surface area contributed by atoms with Crippen LogP contribution in [0.4, 0.5) is 0 Å². The standard InChI is InChI=1S/C15H25N/c1-11(2)14(16-6)12-9-7-8-10-13(12)15(3,4)5/h7-11,14,16H,1-6H3. The molecule has 0 heterocycles. The van der Waals surface area contributed by atoms with Crippen LogP contribution in [0.1, 0.15) is 51.8 Å². The van der Waals surface area contributed by atoms with E-state index in [1.807, 2.05) is 7.05 Å². The Labute approximate surface area is 100 Å². The van der Waals surface area contributed by atoms with E-state index in [1.165, 1.54) is 11.1 Å². The van der Waals surface area contributed by atoms with Crippen molar-refractivity contribution in [3.8, 4) is 0 Å². The number of hydrogen-bond donors (Lipinski definition) is 1. The van der Waals surface area contributed by atoms with E-state index in [4.69, 9.17) is 0 Å². The normalized spacial score (nSPS) is 14.2. The molecule has 0 aliphatic carbocycles. The van der Waals surface area contributed by atoms with Crippen LogP contribution in [0.5, 0.6) is 0 Å². The van der Waals surface area contributed by atoms with Crippen LogP contribution in [0.25, 0.3) is 0 Å². The molecule has 0 spiro atoms. The SMILES string of the molecule is CNC(c1ccccc1C(C)(C)C)C(C)C. The van der Waals surface area contributed by atoms with Crippen molar-refractivity contribution in [2.45, 2.75) is 46.1 Å². The molecule has 1 atom stereocenters. The highest BCUT2D eigenvalue weighted by Gasteiger charge is 2.23. The molecule has 0 saturated heterocycles. The third kappa shape index (κ3) is 2.85. The average molecular weight is 219 g/mol. The summed E-state index contributed by atoms with van der Waals surface area (Å²) >= 11 is 0. The van der Waals surface area contributed by atoms with E-state index >= 15 is 0 Å². The van der Waals surface area contributed by atoms with Gasteiger partial charge in [-0.1, -0.05) is 58.9 Å². The van der Waals surface area contributed by atoms with Crippen molar-refractivity contribution in [1.82, 2.24) is 5.32 Å². The first-order valence-corrected chi connectivity index (χ1v) is 6.14. The smallest absolute Gasteiger partial charge is 0.0343 e. The Morgan fingerprint density at radius 2 is 1.62 bits per heavy atom. The van der Waals surface area contributed by atoms with E-state index in [1.54, 1.807) is 0 Å². The van der Waals surface area contributed by atoms with Gasteiger partial charge in [-0.2, -0.15) is 0 Å². The van der Waals surface area contributed by atoms with Gasteiger partial charge in [-0.3, -0.25) is 0 Å². The minimum absolute atomic E-state index is 0.209. The molecule has 0 saturated carbocycles. The second-order valence-electron chi connectivity index (χ2n) is 5.85. The summed E-state index contributed by atoms with van der Waals surface area (Å²) in [6.45, 7) is 11.4. The fourth-order valence-corrected chi connectivity index (χ4v) is 2.30. The average Bonchev–Trinajstić information content (AvgIpc) is 2.17. The molecule has 0 fully saturated rings. The fraction of sp³-hybridized carbons (Fsp3) is 0.600. The summed E-state index contributed by atoms with van der Waals surface area (Å²) in [5.41, 5.74) is 3.09. The minimum Gasteiger partial charge on any atom is -0.313 e. The van der Waals surface area contributed by atoms with Crippen molar-refractivity contribution in [3.63, 3.8) is 0 Å². The lowest BCUT2D eigenvalue weighted by Gasteiger charge is -2.29. The van der Waals surface area contributed by atoms with Gasteiger partial charge in [0.1, 0.15) is 0 Å². The first-order chi connectivity index (χ1) is 7.38. The molecule has 1 unspecified atom stereocenters. The molecule has 1 rings (SSSR count). The summed E-state index contributed by atoms with van der Waals surface area (Å²) in [7, 11) is 2.05. The van der Waals surface area contributed by atoms with Gasteiger partial charge in [0.2, 0.25) is 0 Å². The van der Waals surface area contributed by atoms with Crippen LogP contribution >= 0.6 is 0 Å². The number of benzene rings is 1. The molecular formula is C15H25N. The van der Waals surface area contributed by atoms with Crippen LogP contribution in [-0.4, -0.2) is 7.05 Å². The van der Waals surface area contributed by atoms with Crippen LogP contribution in [0.2, 0.25) is 0 Å². The van der Waals surface area contributed by atoms with Crippen LogP contribution in [-0.2, 0) is 5.41 Å². The predicted molar refractivity (Wildman–Crippen MR) is 71.8 cm³/mol. The Balaban J connectivity index is 3.22. The molecule has 0 radical (unpaired) electrons. The lowest BCUT2D eigenvalue weighted by atomic mass is 9.80. The van der Waals surface area contributed by atoms with Gasteiger partial charge in [0.05, 0.1) is 0 Å². The van der Waals surface area contributed by atoms with E-state index in [-0.39, 0.29) is 5.41 Å². The third-order valence-electron chi connectivity index (χ3n) is 3.08. The molecule has 1 N–H and O–H groups in total. The van der Waals surface area contributed by atoms with E-state index in [0.717, 1.165) is 0 Å². The van der Waals surface area contributed by atoms with Gasteiger partial charge in [0.25, 0.3) is 0 Å². The molecule has 16 heavy (non-hydrogen) atoms. The van der Waals surface area contributed by atoms with Crippen molar-refractivity contribution < 1.29 is 0 Å². The first-order valence-electron chi connectivity index (χ1n) is 6.14. The molecule has 1 nitrogen and oxygen atoms in total. The largest absolute Gasteiger partial charge is 0.313 e. The van der Waals surface area contributed by atoms with Crippen LogP contribution in [0, 0.1) is 5.92 Å². The van der Waals surface area contributed by atoms with Crippen molar-refractivity contribution in [3.05, 3.63) is 35.4 Å². The van der Waals surface area contributed by atoms with Gasteiger partial charge in [-0.15, -0.1) is 0 Å². The van der Waals surface area contributed by atoms with E-state index in [0.29, 0.717) is 12.0 Å². The van der Waals surface area contributed by atoms with Crippen molar-refractivity contribution in [2.24, 2.45) is 5.92 Å². The molecule has 0 aromatic heterocycles. The second-order valence-corrected chi connectivity index (χ2v) is 5.85. The topological polar surface area (TPSA) is 12.0 Å². The van der Waals surface area contributed by atoms with Gasteiger partial charge in [-0.25, -0.2) is 0 Å². The highest BCUT2D eigenvalue weighted by atomic mass is 14.9. The maximum atomic E-state index is 3.43. The van der Waals surface area contributed by atoms with Crippen molar-refractivity contribution >= 4 is 0 Å². The second kappa shape index (κ2) is 5.01. The summed E-state index contributed by atoms with van der Waals surface area (Å²) in [5, 5.41) is 3.43. The molecule has 0 aliphatic heterocycles. The Hall–Kier alpha value is -0.820. The van der Waals surface area contributed by atoms with Gasteiger partial charge in [0, 0.05) is 6.04 Å². The Morgan fingerprint density at radius 3 is 2.06 bits per heavy atom. The van der Waals surface area contributed by atoms with Crippen LogP contribution < -0.4 is 5.32 Å². The van der Waals surface area contributed by atoms with Gasteiger partial charge < -0.3 is 5.32 Å². The zero-order valence-corrected chi connectivity index (χ0v) is 11.5.